The van der Waals surface area contributed by atoms with Gasteiger partial charge in [0, 0.05) is 11.2 Å². The second-order valence-corrected chi connectivity index (χ2v) is 7.49. The van der Waals surface area contributed by atoms with Crippen LogP contribution in [0.25, 0.3) is 0 Å². The average molecular weight is 369 g/mol. The summed E-state index contributed by atoms with van der Waals surface area (Å²) in [5, 5.41) is 0.489. The zero-order valence-corrected chi connectivity index (χ0v) is 17.2. The van der Waals surface area contributed by atoms with Crippen molar-refractivity contribution in [2.45, 2.75) is 88.7 Å². The normalized spacial score (nSPS) is 13.1. The van der Waals surface area contributed by atoms with E-state index in [1.54, 1.807) is 0 Å². The second kappa shape index (κ2) is 16.1. The van der Waals surface area contributed by atoms with Crippen molar-refractivity contribution in [3.8, 4) is 0 Å². The van der Waals surface area contributed by atoms with Crippen LogP contribution in [0, 0.1) is 0 Å². The van der Waals surface area contributed by atoms with Crippen molar-refractivity contribution in [2.24, 2.45) is 0 Å². The molecule has 0 aromatic heterocycles. The number of thiol groups is 1. The highest BCUT2D eigenvalue weighted by atomic mass is 35.5. The molecule has 2 heteroatoms. The van der Waals surface area contributed by atoms with E-state index < -0.39 is 0 Å². The van der Waals surface area contributed by atoms with E-state index >= 15 is 0 Å². The Morgan fingerprint density at radius 3 is 2.00 bits per heavy atom. The van der Waals surface area contributed by atoms with Crippen LogP contribution in [0.3, 0.4) is 0 Å². The number of rotatable bonds is 14. The molecule has 0 aliphatic heterocycles. The topological polar surface area (TPSA) is 0 Å². The fourth-order valence-electron chi connectivity index (χ4n) is 3.17. The lowest BCUT2D eigenvalue weighted by molar-refractivity contribution is 0.544. The van der Waals surface area contributed by atoms with Gasteiger partial charge in [0.05, 0.1) is 0 Å². The molecule has 0 heterocycles. The number of benzene rings is 1. The van der Waals surface area contributed by atoms with Crippen molar-refractivity contribution >= 4 is 25.0 Å². The summed E-state index contributed by atoms with van der Waals surface area (Å²) in [6.45, 7) is 6.29. The third-order valence-electron chi connectivity index (χ3n) is 4.68. The lowest BCUT2D eigenvalue weighted by Gasteiger charge is -2.17. The quantitative estimate of drug-likeness (QED) is 0.192. The minimum Gasteiger partial charge on any atom is -0.176 e. The highest BCUT2D eigenvalue weighted by molar-refractivity contribution is 7.80. The zero-order valence-electron chi connectivity index (χ0n) is 15.5. The van der Waals surface area contributed by atoms with E-state index in [0.717, 1.165) is 6.42 Å². The Balaban J connectivity index is 0.00000529. The van der Waals surface area contributed by atoms with E-state index in [4.69, 9.17) is 12.6 Å². The molecular formula is C22H37ClS. The number of unbranched alkanes of at least 4 members (excludes halogenated alkanes) is 8. The maximum atomic E-state index is 4.81. The highest BCUT2D eigenvalue weighted by Gasteiger charge is 2.12. The molecule has 2 atom stereocenters. The van der Waals surface area contributed by atoms with Crippen LogP contribution in [0.5, 0.6) is 0 Å². The Labute approximate surface area is 162 Å². The number of hydrogen-bond donors (Lipinski definition) is 1. The van der Waals surface area contributed by atoms with Crippen LogP contribution in [-0.4, -0.2) is 5.25 Å². The van der Waals surface area contributed by atoms with Gasteiger partial charge in [-0.05, 0) is 18.4 Å². The maximum Gasteiger partial charge on any atom is 0.00257 e. The van der Waals surface area contributed by atoms with Crippen LogP contribution < -0.4 is 0 Å². The monoisotopic (exact) mass is 368 g/mol. The molecule has 24 heavy (non-hydrogen) atoms. The Morgan fingerprint density at radius 1 is 0.917 bits per heavy atom. The Bertz CT molecular complexity index is 390. The maximum absolute atomic E-state index is 4.81. The molecule has 2 unspecified atom stereocenters. The van der Waals surface area contributed by atoms with Gasteiger partial charge in [0.2, 0.25) is 0 Å². The summed E-state index contributed by atoms with van der Waals surface area (Å²) in [5.41, 5.74) is 1.37. The van der Waals surface area contributed by atoms with Gasteiger partial charge in [-0.2, -0.15) is 12.6 Å². The third kappa shape index (κ3) is 11.2. The largest absolute Gasteiger partial charge is 0.176 e. The van der Waals surface area contributed by atoms with Crippen molar-refractivity contribution in [3.63, 3.8) is 0 Å². The Morgan fingerprint density at radius 2 is 1.46 bits per heavy atom. The average Bonchev–Trinajstić information content (AvgIpc) is 2.59. The highest BCUT2D eigenvalue weighted by Crippen LogP contribution is 2.26. The summed E-state index contributed by atoms with van der Waals surface area (Å²) in [6, 6.07) is 10.7. The van der Waals surface area contributed by atoms with Crippen molar-refractivity contribution in [2.75, 3.05) is 0 Å². The van der Waals surface area contributed by atoms with E-state index in [0.29, 0.717) is 11.2 Å². The van der Waals surface area contributed by atoms with Crippen LogP contribution in [0.15, 0.2) is 43.0 Å². The summed E-state index contributed by atoms with van der Waals surface area (Å²) in [5.74, 6) is 0.442. The standard InChI is InChI=1S/C22H36S.ClH/c1-3-5-6-7-8-9-10-11-15-18-22(23)19-20(4-2)21-16-13-12-14-17-21;/h4,12-14,16-17,20,22-23H,2-3,5-11,15,18-19H2,1H3;1H. The number of hydrogen-bond acceptors (Lipinski definition) is 1. The van der Waals surface area contributed by atoms with Crippen molar-refractivity contribution < 1.29 is 0 Å². The van der Waals surface area contributed by atoms with Crippen molar-refractivity contribution in [3.05, 3.63) is 48.6 Å². The van der Waals surface area contributed by atoms with Gasteiger partial charge in [-0.1, -0.05) is 101 Å². The molecule has 1 aromatic carbocycles. The molecule has 0 spiro atoms. The van der Waals surface area contributed by atoms with Crippen LogP contribution in [-0.2, 0) is 0 Å². The van der Waals surface area contributed by atoms with Crippen LogP contribution in [0.4, 0.5) is 0 Å². The van der Waals surface area contributed by atoms with E-state index in [1.165, 1.54) is 69.8 Å². The first-order valence-electron chi connectivity index (χ1n) is 9.63. The number of allylic oxidation sites excluding steroid dienone is 1. The predicted octanol–water partition coefficient (Wildman–Crippen LogP) is 7.99. The summed E-state index contributed by atoms with van der Waals surface area (Å²) in [7, 11) is 0. The lowest BCUT2D eigenvalue weighted by Crippen LogP contribution is -2.06. The van der Waals surface area contributed by atoms with E-state index in [2.05, 4.69) is 49.9 Å². The molecule has 0 amide bonds. The molecule has 1 rings (SSSR count). The zero-order chi connectivity index (χ0) is 16.8. The lowest BCUT2D eigenvalue weighted by atomic mass is 9.92. The molecule has 0 nitrogen and oxygen atoms in total. The molecule has 0 radical (unpaired) electrons. The van der Waals surface area contributed by atoms with E-state index in [1.807, 2.05) is 0 Å². The number of halogens is 1. The second-order valence-electron chi connectivity index (χ2n) is 6.76. The molecule has 0 aliphatic rings. The molecule has 0 saturated heterocycles. The molecule has 0 bridgehead atoms. The van der Waals surface area contributed by atoms with Gasteiger partial charge in [-0.3, -0.25) is 0 Å². The van der Waals surface area contributed by atoms with Gasteiger partial charge < -0.3 is 0 Å². The molecular weight excluding hydrogens is 332 g/mol. The van der Waals surface area contributed by atoms with Gasteiger partial charge >= 0.3 is 0 Å². The first-order valence-corrected chi connectivity index (χ1v) is 10.1. The van der Waals surface area contributed by atoms with Gasteiger partial charge in [-0.15, -0.1) is 19.0 Å². The van der Waals surface area contributed by atoms with Crippen molar-refractivity contribution in [1.82, 2.24) is 0 Å². The third-order valence-corrected chi connectivity index (χ3v) is 5.15. The van der Waals surface area contributed by atoms with E-state index in [9.17, 15) is 0 Å². The minimum absolute atomic E-state index is 0. The van der Waals surface area contributed by atoms with Gasteiger partial charge in [-0.25, -0.2) is 0 Å². The first-order chi connectivity index (χ1) is 11.3. The summed E-state index contributed by atoms with van der Waals surface area (Å²) >= 11 is 4.81. The van der Waals surface area contributed by atoms with Gasteiger partial charge in [0.15, 0.2) is 0 Å². The fraction of sp³-hybridized carbons (Fsp3) is 0.636. The smallest absolute Gasteiger partial charge is 0.00257 e. The van der Waals surface area contributed by atoms with Crippen LogP contribution in [0.1, 0.15) is 89.0 Å². The molecule has 0 fully saturated rings. The summed E-state index contributed by atoms with van der Waals surface area (Å²) in [4.78, 5) is 0. The van der Waals surface area contributed by atoms with Crippen LogP contribution >= 0.6 is 25.0 Å². The fourth-order valence-corrected chi connectivity index (χ4v) is 3.58. The summed E-state index contributed by atoms with van der Waals surface area (Å²) < 4.78 is 0. The molecule has 0 aliphatic carbocycles. The SMILES string of the molecule is C=CC(CC(S)CCCCCCCCCCC)c1ccccc1.Cl. The Hall–Kier alpha value is -0.400. The van der Waals surface area contributed by atoms with Crippen LogP contribution in [0.2, 0.25) is 0 Å². The minimum atomic E-state index is 0. The predicted molar refractivity (Wildman–Crippen MR) is 116 cm³/mol. The van der Waals surface area contributed by atoms with Gasteiger partial charge in [0.25, 0.3) is 0 Å². The molecule has 0 saturated carbocycles. The molecule has 0 N–H and O–H groups in total. The Kier molecular flexibility index (Phi) is 15.8. The molecule has 1 aromatic rings. The molecule has 138 valence electrons. The van der Waals surface area contributed by atoms with Gasteiger partial charge in [0.1, 0.15) is 0 Å². The first kappa shape index (κ1) is 23.6. The summed E-state index contributed by atoms with van der Waals surface area (Å²) in [6.07, 6.45) is 17.0. The van der Waals surface area contributed by atoms with E-state index in [-0.39, 0.29) is 12.4 Å². The van der Waals surface area contributed by atoms with Crippen molar-refractivity contribution in [1.29, 1.82) is 0 Å².